The van der Waals surface area contributed by atoms with Gasteiger partial charge in [-0.25, -0.2) is 9.67 Å². The first-order valence-electron chi connectivity index (χ1n) is 13.4. The lowest BCUT2D eigenvalue weighted by Crippen LogP contribution is -2.41. The number of carbonyl (C=O) groups is 1. The molecule has 0 unspecified atom stereocenters. The van der Waals surface area contributed by atoms with Crippen molar-refractivity contribution in [3.8, 4) is 28.5 Å². The molecule has 10 nitrogen and oxygen atoms in total. The number of pyridine rings is 1. The molecule has 1 amide bonds. The van der Waals surface area contributed by atoms with Crippen molar-refractivity contribution in [1.29, 1.82) is 0 Å². The van der Waals surface area contributed by atoms with Crippen LogP contribution in [0.2, 0.25) is 5.02 Å². The van der Waals surface area contributed by atoms with Gasteiger partial charge in [0.1, 0.15) is 5.75 Å². The van der Waals surface area contributed by atoms with E-state index in [1.54, 1.807) is 47.4 Å². The van der Waals surface area contributed by atoms with E-state index in [1.165, 1.54) is 12.0 Å². The Hall–Kier alpha value is -4.52. The van der Waals surface area contributed by atoms with Crippen LogP contribution in [-0.2, 0) is 12.7 Å². The molecule has 2 aromatic carbocycles. The van der Waals surface area contributed by atoms with Gasteiger partial charge in [0.25, 0.3) is 11.6 Å². The summed E-state index contributed by atoms with van der Waals surface area (Å²) in [4.78, 5) is 34.5. The van der Waals surface area contributed by atoms with Crippen molar-refractivity contribution in [3.63, 3.8) is 0 Å². The van der Waals surface area contributed by atoms with E-state index in [0.29, 0.717) is 58.5 Å². The maximum absolute atomic E-state index is 13.8. The number of hydrogen-bond donors (Lipinski definition) is 0. The molecule has 0 aliphatic heterocycles. The van der Waals surface area contributed by atoms with Crippen LogP contribution in [0.4, 0.5) is 18.9 Å². The number of nitrogens with zero attached hydrogens (tertiary/aromatic N) is 6. The molecular weight excluding hydrogens is 589 g/mol. The van der Waals surface area contributed by atoms with E-state index in [2.05, 4.69) is 10.1 Å². The number of non-ortho nitro benzene ring substituents is 1. The third-order valence-corrected chi connectivity index (χ3v) is 7.60. The van der Waals surface area contributed by atoms with E-state index in [-0.39, 0.29) is 19.1 Å². The second-order valence-corrected chi connectivity index (χ2v) is 10.4. The maximum atomic E-state index is 13.8. The minimum absolute atomic E-state index is 0.0730. The first-order chi connectivity index (χ1) is 20.5. The molecule has 1 aliphatic rings. The molecule has 43 heavy (non-hydrogen) atoms. The van der Waals surface area contributed by atoms with E-state index in [0.717, 1.165) is 18.9 Å². The molecule has 0 atom stereocenters. The third-order valence-electron chi connectivity index (χ3n) is 7.30. The van der Waals surface area contributed by atoms with E-state index in [1.807, 2.05) is 0 Å². The van der Waals surface area contributed by atoms with Crippen molar-refractivity contribution in [2.75, 3.05) is 13.7 Å². The first kappa shape index (κ1) is 30.0. The summed E-state index contributed by atoms with van der Waals surface area (Å²) in [5, 5.41) is 16.4. The van der Waals surface area contributed by atoms with Crippen LogP contribution < -0.4 is 4.74 Å². The van der Waals surface area contributed by atoms with Gasteiger partial charge in [-0.2, -0.15) is 18.3 Å². The lowest BCUT2D eigenvalue weighted by Gasteiger charge is -2.29. The average molecular weight is 615 g/mol. The van der Waals surface area contributed by atoms with Crippen LogP contribution in [0.25, 0.3) is 22.8 Å². The summed E-state index contributed by atoms with van der Waals surface area (Å²) in [6, 6.07) is 10.4. The van der Waals surface area contributed by atoms with Crippen molar-refractivity contribution in [1.82, 2.24) is 24.6 Å². The second-order valence-electron chi connectivity index (χ2n) is 10.0. The summed E-state index contributed by atoms with van der Waals surface area (Å²) in [6.45, 7) is 0.212. The normalized spacial score (nSPS) is 13.7. The Kier molecular flexibility index (Phi) is 8.62. The summed E-state index contributed by atoms with van der Waals surface area (Å²) in [5.41, 5.74) is -1.12. The number of halogens is 4. The van der Waals surface area contributed by atoms with Crippen molar-refractivity contribution < 1.29 is 27.6 Å². The lowest BCUT2D eigenvalue weighted by molar-refractivity contribution is -0.385. The van der Waals surface area contributed by atoms with Crippen molar-refractivity contribution >= 4 is 23.2 Å². The van der Waals surface area contributed by atoms with Crippen LogP contribution in [0.3, 0.4) is 0 Å². The summed E-state index contributed by atoms with van der Waals surface area (Å²) < 4.78 is 47.6. The SMILES string of the molecule is COc1ccc(-c2nc(-c3ccncc3)nn2CCN(C(=O)c2cc([N+](=O)[O-])cc(C(F)(F)F)c2)C2CCCC2)cc1Cl. The van der Waals surface area contributed by atoms with Crippen molar-refractivity contribution in [3.05, 3.63) is 87.2 Å². The number of methoxy groups -OCH3 is 1. The summed E-state index contributed by atoms with van der Waals surface area (Å²) in [6.07, 6.45) is 1.37. The van der Waals surface area contributed by atoms with Crippen LogP contribution in [0, 0.1) is 10.1 Å². The number of hydrogen-bond acceptors (Lipinski definition) is 7. The number of amides is 1. The zero-order valence-electron chi connectivity index (χ0n) is 22.9. The minimum Gasteiger partial charge on any atom is -0.495 e. The minimum atomic E-state index is -4.86. The number of nitro groups is 1. The van der Waals surface area contributed by atoms with Crippen LogP contribution in [-0.4, -0.2) is 55.2 Å². The van der Waals surface area contributed by atoms with Gasteiger partial charge in [0.05, 0.1) is 29.2 Å². The largest absolute Gasteiger partial charge is 0.495 e. The molecule has 1 saturated carbocycles. The Labute approximate surface area is 249 Å². The van der Waals surface area contributed by atoms with Gasteiger partial charge in [-0.1, -0.05) is 24.4 Å². The van der Waals surface area contributed by atoms with Crippen LogP contribution >= 0.6 is 11.6 Å². The van der Waals surface area contributed by atoms with Gasteiger partial charge < -0.3 is 9.64 Å². The van der Waals surface area contributed by atoms with Gasteiger partial charge >= 0.3 is 6.18 Å². The van der Waals surface area contributed by atoms with Crippen molar-refractivity contribution in [2.45, 2.75) is 44.4 Å². The fourth-order valence-corrected chi connectivity index (χ4v) is 5.44. The Morgan fingerprint density at radius 3 is 2.47 bits per heavy atom. The molecule has 2 heterocycles. The summed E-state index contributed by atoms with van der Waals surface area (Å²) >= 11 is 6.39. The second kappa shape index (κ2) is 12.4. The highest BCUT2D eigenvalue weighted by atomic mass is 35.5. The number of benzene rings is 2. The Morgan fingerprint density at radius 1 is 1.12 bits per heavy atom. The molecule has 4 aromatic rings. The standard InChI is InChI=1S/C29H26ClF3N6O4/c1-43-25-7-6-19(16-24(25)30)27-35-26(18-8-10-34-11-9-18)36-38(27)13-12-37(22-4-2-3-5-22)28(40)20-14-21(29(31,32)33)17-23(15-20)39(41)42/h6-11,14-17,22H,2-5,12-13H2,1H3. The first-order valence-corrected chi connectivity index (χ1v) is 13.8. The van der Waals surface area contributed by atoms with Gasteiger partial charge in [-0.15, -0.1) is 0 Å². The topological polar surface area (TPSA) is 116 Å². The number of alkyl halides is 3. The fraction of sp³-hybridized carbons (Fsp3) is 0.310. The quantitative estimate of drug-likeness (QED) is 0.152. The molecule has 0 spiro atoms. The van der Waals surface area contributed by atoms with Crippen molar-refractivity contribution in [2.24, 2.45) is 0 Å². The van der Waals surface area contributed by atoms with Gasteiger partial charge in [-0.3, -0.25) is 19.9 Å². The highest BCUT2D eigenvalue weighted by molar-refractivity contribution is 6.32. The third kappa shape index (κ3) is 6.61. The highest BCUT2D eigenvalue weighted by Gasteiger charge is 2.35. The predicted octanol–water partition coefficient (Wildman–Crippen LogP) is 6.68. The van der Waals surface area contributed by atoms with Gasteiger partial charge in [-0.05, 0) is 49.2 Å². The number of carbonyl (C=O) groups excluding carboxylic acids is 1. The van der Waals surface area contributed by atoms with E-state index in [4.69, 9.17) is 21.3 Å². The van der Waals surface area contributed by atoms with Crippen LogP contribution in [0.5, 0.6) is 5.75 Å². The Balaban J connectivity index is 1.51. The maximum Gasteiger partial charge on any atom is 0.416 e. The fourth-order valence-electron chi connectivity index (χ4n) is 5.18. The monoisotopic (exact) mass is 614 g/mol. The molecule has 0 saturated heterocycles. The smallest absolute Gasteiger partial charge is 0.416 e. The molecule has 0 N–H and O–H groups in total. The molecule has 5 rings (SSSR count). The lowest BCUT2D eigenvalue weighted by atomic mass is 10.1. The Morgan fingerprint density at radius 2 is 1.84 bits per heavy atom. The number of nitro benzene ring substituents is 1. The average Bonchev–Trinajstić information content (AvgIpc) is 3.68. The van der Waals surface area contributed by atoms with E-state index >= 15 is 0 Å². The molecule has 1 aliphatic carbocycles. The molecular formula is C29H26ClF3N6O4. The zero-order chi connectivity index (χ0) is 30.7. The molecule has 2 aromatic heterocycles. The highest BCUT2D eigenvalue weighted by Crippen LogP contribution is 2.34. The van der Waals surface area contributed by atoms with Crippen LogP contribution in [0.1, 0.15) is 41.6 Å². The van der Waals surface area contributed by atoms with Gasteiger partial charge in [0, 0.05) is 53.8 Å². The molecule has 1 fully saturated rings. The molecule has 14 heteroatoms. The molecule has 0 radical (unpaired) electrons. The summed E-state index contributed by atoms with van der Waals surface area (Å²) in [5.74, 6) is 0.602. The van der Waals surface area contributed by atoms with E-state index in [9.17, 15) is 28.1 Å². The van der Waals surface area contributed by atoms with Gasteiger partial charge in [0.15, 0.2) is 11.6 Å². The summed E-state index contributed by atoms with van der Waals surface area (Å²) in [7, 11) is 1.50. The number of rotatable bonds is 9. The zero-order valence-corrected chi connectivity index (χ0v) is 23.7. The number of aromatic nitrogens is 4. The predicted molar refractivity (Wildman–Crippen MR) is 152 cm³/mol. The van der Waals surface area contributed by atoms with E-state index < -0.39 is 33.8 Å². The van der Waals surface area contributed by atoms with Crippen LogP contribution in [0.15, 0.2) is 60.9 Å². The molecule has 0 bridgehead atoms. The Bertz CT molecular complexity index is 1640. The number of ether oxygens (including phenoxy) is 1. The molecule has 224 valence electrons. The van der Waals surface area contributed by atoms with Gasteiger partial charge in [0.2, 0.25) is 0 Å².